The van der Waals surface area contributed by atoms with E-state index < -0.39 is 0 Å². The monoisotopic (exact) mass is 569 g/mol. The number of anilines is 1. The molecule has 7 rings (SSSR count). The van der Waals surface area contributed by atoms with Crippen LogP contribution in [0.25, 0.3) is 21.5 Å². The number of benzene rings is 2. The van der Waals surface area contributed by atoms with Crippen molar-refractivity contribution in [3.05, 3.63) is 63.3 Å². The van der Waals surface area contributed by atoms with Crippen LogP contribution in [0.4, 0.5) is 5.13 Å². The van der Waals surface area contributed by atoms with Gasteiger partial charge in [0.2, 0.25) is 0 Å². The van der Waals surface area contributed by atoms with E-state index in [1.165, 1.54) is 7.11 Å². The number of carbonyl (C=O) groups excluding carboxylic acids is 1. The van der Waals surface area contributed by atoms with E-state index in [0.717, 1.165) is 58.9 Å². The van der Waals surface area contributed by atoms with Gasteiger partial charge in [-0.15, -0.1) is 0 Å². The van der Waals surface area contributed by atoms with Gasteiger partial charge in [-0.05, 0) is 56.0 Å². The Labute approximate surface area is 233 Å². The third-order valence-electron chi connectivity index (χ3n) is 7.93. The number of ether oxygens (including phenoxy) is 2. The van der Waals surface area contributed by atoms with Crippen molar-refractivity contribution in [1.82, 2.24) is 10.1 Å². The van der Waals surface area contributed by atoms with Crippen LogP contribution in [0.3, 0.4) is 0 Å². The van der Waals surface area contributed by atoms with Gasteiger partial charge >= 0.3 is 5.97 Å². The normalized spacial score (nSPS) is 22.5. The average molecular weight is 570 g/mol. The second-order valence-electron chi connectivity index (χ2n) is 10.3. The Kier molecular flexibility index (Phi) is 6.11. The van der Waals surface area contributed by atoms with E-state index in [4.69, 9.17) is 42.2 Å². The zero-order valence-electron chi connectivity index (χ0n) is 20.7. The van der Waals surface area contributed by atoms with E-state index in [9.17, 15) is 4.79 Å². The molecule has 2 aromatic heterocycles. The summed E-state index contributed by atoms with van der Waals surface area (Å²) in [5.41, 5.74) is 3.81. The van der Waals surface area contributed by atoms with E-state index in [0.29, 0.717) is 51.4 Å². The quantitative estimate of drug-likeness (QED) is 0.219. The van der Waals surface area contributed by atoms with Crippen molar-refractivity contribution in [1.29, 1.82) is 0 Å². The van der Waals surface area contributed by atoms with Crippen molar-refractivity contribution < 1.29 is 18.8 Å². The van der Waals surface area contributed by atoms with Gasteiger partial charge in [-0.25, -0.2) is 9.78 Å². The van der Waals surface area contributed by atoms with Crippen LogP contribution in [0.15, 0.2) is 40.9 Å². The van der Waals surface area contributed by atoms with Gasteiger partial charge in [0.25, 0.3) is 0 Å². The summed E-state index contributed by atoms with van der Waals surface area (Å²) in [7, 11) is 1.40. The average Bonchev–Trinajstić information content (AvgIpc) is 3.24. The van der Waals surface area contributed by atoms with Crippen LogP contribution in [-0.2, 0) is 16.1 Å². The minimum atomic E-state index is -0.334. The summed E-state index contributed by atoms with van der Waals surface area (Å²) in [5.74, 6) is 1.39. The highest BCUT2D eigenvalue weighted by Crippen LogP contribution is 2.48. The van der Waals surface area contributed by atoms with E-state index in [-0.39, 0.29) is 12.1 Å². The Balaban J connectivity index is 1.07. The molecule has 0 amide bonds. The molecule has 4 aromatic rings. The molecule has 3 aliphatic rings. The van der Waals surface area contributed by atoms with Crippen molar-refractivity contribution in [2.75, 3.05) is 18.6 Å². The number of fused-ring (bicyclic) bond motifs is 3. The predicted octanol–water partition coefficient (Wildman–Crippen LogP) is 7.11. The molecule has 2 aromatic carbocycles. The van der Waals surface area contributed by atoms with Crippen LogP contribution in [0, 0.1) is 5.92 Å². The summed E-state index contributed by atoms with van der Waals surface area (Å²) in [6, 6.07) is 11.4. The van der Waals surface area contributed by atoms with Crippen LogP contribution in [0.1, 0.15) is 53.3 Å². The molecule has 38 heavy (non-hydrogen) atoms. The minimum Gasteiger partial charge on any atom is -0.465 e. The van der Waals surface area contributed by atoms with Crippen molar-refractivity contribution in [2.45, 2.75) is 50.4 Å². The molecule has 0 unspecified atom stereocenters. The predicted molar refractivity (Wildman–Crippen MR) is 147 cm³/mol. The Morgan fingerprint density at radius 1 is 1.18 bits per heavy atom. The fraction of sp³-hybridized carbons (Fsp3) is 0.393. The lowest BCUT2D eigenvalue weighted by Gasteiger charge is -2.31. The van der Waals surface area contributed by atoms with E-state index in [1.807, 2.05) is 30.3 Å². The number of hydrogen-bond donors (Lipinski definition) is 0. The maximum Gasteiger partial charge on any atom is 0.337 e. The second kappa shape index (κ2) is 9.52. The number of rotatable bonds is 7. The molecule has 0 N–H and O–H groups in total. The van der Waals surface area contributed by atoms with Crippen LogP contribution >= 0.6 is 34.5 Å². The molecule has 10 heteroatoms. The molecule has 1 aliphatic heterocycles. The highest BCUT2D eigenvalue weighted by molar-refractivity contribution is 7.22. The van der Waals surface area contributed by atoms with Gasteiger partial charge < -0.3 is 18.9 Å². The number of hydrogen-bond acceptors (Lipinski definition) is 8. The van der Waals surface area contributed by atoms with Crippen molar-refractivity contribution in [3.8, 4) is 11.3 Å². The lowest BCUT2D eigenvalue weighted by Crippen LogP contribution is -2.38. The zero-order chi connectivity index (χ0) is 26.0. The van der Waals surface area contributed by atoms with Crippen LogP contribution in [0.2, 0.25) is 10.0 Å². The number of carbonyl (C=O) groups is 1. The molecular formula is C28H25Cl2N3O4S. The molecule has 0 radical (unpaired) electrons. The van der Waals surface area contributed by atoms with Gasteiger partial charge in [-0.3, -0.25) is 0 Å². The smallest absolute Gasteiger partial charge is 0.337 e. The van der Waals surface area contributed by atoms with Crippen molar-refractivity contribution in [2.24, 2.45) is 5.92 Å². The van der Waals surface area contributed by atoms with Crippen molar-refractivity contribution >= 4 is 55.9 Å². The number of halogens is 2. The minimum absolute atomic E-state index is 0.160. The number of methoxy groups -OCH3 is 1. The fourth-order valence-corrected chi connectivity index (χ4v) is 7.53. The largest absolute Gasteiger partial charge is 0.465 e. The molecule has 3 fully saturated rings. The van der Waals surface area contributed by atoms with Crippen LogP contribution < -0.4 is 4.90 Å². The first-order chi connectivity index (χ1) is 18.5. The molecule has 7 nitrogen and oxygen atoms in total. The molecule has 196 valence electrons. The zero-order valence-corrected chi connectivity index (χ0v) is 23.0. The lowest BCUT2D eigenvalue weighted by molar-refractivity contribution is 0.0122. The Morgan fingerprint density at radius 3 is 2.71 bits per heavy atom. The standard InChI is InChI=1S/C28H25Cl2N3O4S/c1-35-27(34)15-7-8-21-23(10-15)38-28(31-21)33-12-16-9-17(33)11-22(16)36-13-18-25(32-37-26(18)14-5-6-14)24-19(29)3-2-4-20(24)30/h2-4,7-8,10,14,16-17,22H,5-6,9,11-13H2,1H3/t16-,17-,22+/m0/s1. The van der Waals surface area contributed by atoms with E-state index in [1.54, 1.807) is 17.4 Å². The van der Waals surface area contributed by atoms with Gasteiger partial charge in [0, 0.05) is 35.5 Å². The number of piperidine rings is 1. The van der Waals surface area contributed by atoms with Gasteiger partial charge in [-0.1, -0.05) is 45.8 Å². The summed E-state index contributed by atoms with van der Waals surface area (Å²) >= 11 is 14.7. The summed E-state index contributed by atoms with van der Waals surface area (Å²) < 4.78 is 18.2. The number of aromatic nitrogens is 2. The first kappa shape index (κ1) is 24.4. The van der Waals surface area contributed by atoms with Gasteiger partial charge in [0.05, 0.1) is 45.6 Å². The highest BCUT2D eigenvalue weighted by Gasteiger charge is 2.46. The molecular weight excluding hydrogens is 545 g/mol. The van der Waals surface area contributed by atoms with Crippen LogP contribution in [-0.4, -0.2) is 41.9 Å². The van der Waals surface area contributed by atoms with Gasteiger partial charge in [0.1, 0.15) is 11.5 Å². The maximum absolute atomic E-state index is 11.9. The third kappa shape index (κ3) is 4.18. The summed E-state index contributed by atoms with van der Waals surface area (Å²) in [6.45, 7) is 1.33. The van der Waals surface area contributed by atoms with E-state index >= 15 is 0 Å². The third-order valence-corrected chi connectivity index (χ3v) is 9.61. The first-order valence-electron chi connectivity index (χ1n) is 12.8. The highest BCUT2D eigenvalue weighted by atomic mass is 35.5. The summed E-state index contributed by atoms with van der Waals surface area (Å²) in [6.07, 6.45) is 4.39. The number of thiazole rings is 1. The topological polar surface area (TPSA) is 77.7 Å². The Bertz CT molecular complexity index is 1530. The first-order valence-corrected chi connectivity index (χ1v) is 14.4. The Hall–Kier alpha value is -2.65. The number of esters is 1. The number of nitrogens with zero attached hydrogens (tertiary/aromatic N) is 3. The maximum atomic E-state index is 11.9. The Morgan fingerprint density at radius 2 is 2.00 bits per heavy atom. The molecule has 3 atom stereocenters. The second-order valence-corrected chi connectivity index (χ2v) is 12.1. The lowest BCUT2D eigenvalue weighted by atomic mass is 10.0. The summed E-state index contributed by atoms with van der Waals surface area (Å²) in [4.78, 5) is 19.2. The molecule has 2 saturated carbocycles. The SMILES string of the molecule is COC(=O)c1ccc2nc(N3C[C@@H]4C[C@H]3C[C@H]4OCc3c(-c4c(Cl)cccc4Cl)noc3C3CC3)sc2c1. The summed E-state index contributed by atoms with van der Waals surface area (Å²) in [5, 5.41) is 6.50. The molecule has 0 spiro atoms. The molecule has 2 aliphatic carbocycles. The van der Waals surface area contributed by atoms with Crippen LogP contribution in [0.5, 0.6) is 0 Å². The van der Waals surface area contributed by atoms with E-state index in [2.05, 4.69) is 10.1 Å². The van der Waals surface area contributed by atoms with Gasteiger partial charge in [-0.2, -0.15) is 0 Å². The molecule has 1 saturated heterocycles. The fourth-order valence-electron chi connectivity index (χ4n) is 5.86. The molecule has 3 heterocycles. The van der Waals surface area contributed by atoms with Crippen molar-refractivity contribution in [3.63, 3.8) is 0 Å². The molecule has 2 bridgehead atoms. The van der Waals surface area contributed by atoms with Gasteiger partial charge in [0.15, 0.2) is 5.13 Å².